The maximum Gasteiger partial charge on any atom is 0.273 e. The summed E-state index contributed by atoms with van der Waals surface area (Å²) in [5.74, 6) is -0.891. The maximum atomic E-state index is 12.4. The van der Waals surface area contributed by atoms with Gasteiger partial charge in [0.05, 0.1) is 19.8 Å². The number of hydrogen-bond acceptors (Lipinski definition) is 6. The number of amides is 2. The molecular formula is C16H16N2O5S2. The molecular weight excluding hydrogens is 364 g/mol. The van der Waals surface area contributed by atoms with E-state index in [9.17, 15) is 18.0 Å². The van der Waals surface area contributed by atoms with E-state index < -0.39 is 15.9 Å². The first kappa shape index (κ1) is 17.6. The van der Waals surface area contributed by atoms with Gasteiger partial charge in [0.1, 0.15) is 4.21 Å². The number of carbonyl (C=O) groups is 2. The van der Waals surface area contributed by atoms with Crippen LogP contribution < -0.4 is 10.0 Å². The van der Waals surface area contributed by atoms with Crippen molar-refractivity contribution in [3.05, 3.63) is 51.9 Å². The molecule has 2 amide bonds. The van der Waals surface area contributed by atoms with Gasteiger partial charge in [-0.05, 0) is 35.4 Å². The summed E-state index contributed by atoms with van der Waals surface area (Å²) in [4.78, 5) is 23.9. The minimum Gasteiger partial charge on any atom is -0.372 e. The van der Waals surface area contributed by atoms with Crippen molar-refractivity contribution in [1.82, 2.24) is 10.0 Å². The Morgan fingerprint density at radius 1 is 1.16 bits per heavy atom. The molecule has 0 saturated carbocycles. The third kappa shape index (κ3) is 4.06. The summed E-state index contributed by atoms with van der Waals surface area (Å²) in [6.07, 6.45) is 0. The molecule has 1 aromatic carbocycles. The van der Waals surface area contributed by atoms with E-state index >= 15 is 0 Å². The smallest absolute Gasteiger partial charge is 0.273 e. The Hall–Kier alpha value is -2.23. The van der Waals surface area contributed by atoms with Crippen molar-refractivity contribution in [2.45, 2.75) is 30.9 Å². The summed E-state index contributed by atoms with van der Waals surface area (Å²) in [7, 11) is -3.96. The van der Waals surface area contributed by atoms with Gasteiger partial charge in [-0.25, -0.2) is 13.1 Å². The van der Waals surface area contributed by atoms with Gasteiger partial charge in [-0.1, -0.05) is 6.07 Å². The molecule has 0 fully saturated rings. The number of rotatable bonds is 5. The molecule has 0 radical (unpaired) electrons. The van der Waals surface area contributed by atoms with Crippen LogP contribution in [0.25, 0.3) is 0 Å². The molecule has 2 N–H and O–H groups in total. The Morgan fingerprint density at radius 3 is 2.68 bits per heavy atom. The summed E-state index contributed by atoms with van der Waals surface area (Å²) in [6, 6.07) is 8.00. The average Bonchev–Trinajstić information content (AvgIpc) is 3.21. The highest BCUT2D eigenvalue weighted by Crippen LogP contribution is 2.23. The predicted octanol–water partition coefficient (Wildman–Crippen LogP) is 1.53. The average molecular weight is 380 g/mol. The minimum atomic E-state index is -3.96. The summed E-state index contributed by atoms with van der Waals surface area (Å²) in [6.45, 7) is 2.55. The largest absolute Gasteiger partial charge is 0.372 e. The zero-order valence-electron chi connectivity index (χ0n) is 13.4. The monoisotopic (exact) mass is 380 g/mol. The summed E-state index contributed by atoms with van der Waals surface area (Å²) >= 11 is 1.00. The van der Waals surface area contributed by atoms with Gasteiger partial charge in [0.2, 0.25) is 5.91 Å². The van der Waals surface area contributed by atoms with E-state index in [1.54, 1.807) is 24.3 Å². The van der Waals surface area contributed by atoms with Crippen LogP contribution in [0.2, 0.25) is 0 Å². The van der Waals surface area contributed by atoms with E-state index in [0.29, 0.717) is 18.1 Å². The zero-order chi connectivity index (χ0) is 18.0. The highest BCUT2D eigenvalue weighted by molar-refractivity contribution is 7.92. The number of hydrogen-bond donors (Lipinski definition) is 2. The molecule has 2 heterocycles. The third-order valence-electron chi connectivity index (χ3n) is 3.62. The first-order chi connectivity index (χ1) is 11.8. The van der Waals surface area contributed by atoms with Gasteiger partial charge in [-0.15, -0.1) is 11.3 Å². The molecule has 1 aromatic heterocycles. The van der Waals surface area contributed by atoms with Crippen LogP contribution in [0.4, 0.5) is 0 Å². The number of carbonyl (C=O) groups excluding carboxylic acids is 2. The van der Waals surface area contributed by atoms with Crippen molar-refractivity contribution in [1.29, 1.82) is 0 Å². The fourth-order valence-electron chi connectivity index (χ4n) is 2.35. The second-order valence-corrected chi connectivity index (χ2v) is 8.62. The van der Waals surface area contributed by atoms with Gasteiger partial charge in [0.15, 0.2) is 0 Å². The molecule has 0 spiro atoms. The van der Waals surface area contributed by atoms with E-state index in [4.69, 9.17) is 4.74 Å². The van der Waals surface area contributed by atoms with E-state index in [-0.39, 0.29) is 22.2 Å². The van der Waals surface area contributed by atoms with E-state index in [1.165, 1.54) is 13.0 Å². The van der Waals surface area contributed by atoms with Gasteiger partial charge < -0.3 is 10.1 Å². The second-order valence-electron chi connectivity index (χ2n) is 5.54. The molecule has 7 nitrogen and oxygen atoms in total. The van der Waals surface area contributed by atoms with Gasteiger partial charge in [-0.3, -0.25) is 9.59 Å². The fraction of sp³-hybridized carbons (Fsp3) is 0.250. The first-order valence-corrected chi connectivity index (χ1v) is 9.75. The molecule has 1 aliphatic heterocycles. The number of benzene rings is 1. The predicted molar refractivity (Wildman–Crippen MR) is 91.4 cm³/mol. The van der Waals surface area contributed by atoms with Crippen LogP contribution in [0, 0.1) is 0 Å². The standard InChI is InChI=1S/C16H16N2O5S2/c1-10(19)17-7-14-4-5-15(24-14)25(21,22)18-16(20)11-2-3-12-8-23-9-13(12)6-11/h2-6H,7-9H2,1H3,(H,17,19)(H,18,20). The summed E-state index contributed by atoms with van der Waals surface area (Å²) in [5, 5.41) is 2.59. The van der Waals surface area contributed by atoms with Gasteiger partial charge >= 0.3 is 0 Å². The lowest BCUT2D eigenvalue weighted by Gasteiger charge is -2.06. The van der Waals surface area contributed by atoms with Crippen LogP contribution in [-0.2, 0) is 39.3 Å². The van der Waals surface area contributed by atoms with Crippen molar-refractivity contribution in [3.8, 4) is 0 Å². The molecule has 25 heavy (non-hydrogen) atoms. The van der Waals surface area contributed by atoms with Crippen molar-refractivity contribution in [2.75, 3.05) is 0 Å². The third-order valence-corrected chi connectivity index (χ3v) is 6.53. The summed E-state index contributed by atoms with van der Waals surface area (Å²) in [5.41, 5.74) is 2.15. The first-order valence-electron chi connectivity index (χ1n) is 7.45. The molecule has 132 valence electrons. The minimum absolute atomic E-state index is 0.0192. The number of nitrogens with one attached hydrogen (secondary N) is 2. The summed E-state index contributed by atoms with van der Waals surface area (Å²) < 4.78 is 32.1. The zero-order valence-corrected chi connectivity index (χ0v) is 15.0. The lowest BCUT2D eigenvalue weighted by molar-refractivity contribution is -0.119. The molecule has 0 atom stereocenters. The normalized spacial score (nSPS) is 13.3. The lowest BCUT2D eigenvalue weighted by Crippen LogP contribution is -2.30. The van der Waals surface area contributed by atoms with Crippen molar-refractivity contribution >= 4 is 33.2 Å². The number of ether oxygens (including phenoxy) is 1. The van der Waals surface area contributed by atoms with Gasteiger partial charge in [0.25, 0.3) is 15.9 Å². The molecule has 3 rings (SSSR count). The van der Waals surface area contributed by atoms with Crippen molar-refractivity contribution in [2.24, 2.45) is 0 Å². The Labute approximate surface area is 149 Å². The number of sulfonamides is 1. The quantitative estimate of drug-likeness (QED) is 0.819. The topological polar surface area (TPSA) is 102 Å². The lowest BCUT2D eigenvalue weighted by atomic mass is 10.1. The van der Waals surface area contributed by atoms with E-state index in [1.807, 2.05) is 0 Å². The Balaban J connectivity index is 1.72. The van der Waals surface area contributed by atoms with Gasteiger partial charge in [-0.2, -0.15) is 0 Å². The highest BCUT2D eigenvalue weighted by atomic mass is 32.2. The van der Waals surface area contributed by atoms with Crippen LogP contribution in [0.15, 0.2) is 34.5 Å². The van der Waals surface area contributed by atoms with Crippen molar-refractivity contribution in [3.63, 3.8) is 0 Å². The molecule has 0 saturated heterocycles. The number of thiophene rings is 1. The second kappa shape index (κ2) is 6.95. The van der Waals surface area contributed by atoms with E-state index in [0.717, 1.165) is 22.5 Å². The maximum absolute atomic E-state index is 12.4. The number of fused-ring (bicyclic) bond motifs is 1. The van der Waals surface area contributed by atoms with Crippen LogP contribution in [-0.4, -0.2) is 20.2 Å². The highest BCUT2D eigenvalue weighted by Gasteiger charge is 2.22. The SMILES string of the molecule is CC(=O)NCc1ccc(S(=O)(=O)NC(=O)c2ccc3c(c2)COC3)s1. The Bertz CT molecular complexity index is 934. The van der Waals surface area contributed by atoms with Gasteiger partial charge in [0, 0.05) is 17.4 Å². The molecule has 2 aromatic rings. The molecule has 9 heteroatoms. The van der Waals surface area contributed by atoms with Crippen LogP contribution in [0.3, 0.4) is 0 Å². The fourth-order valence-corrected chi connectivity index (χ4v) is 4.62. The van der Waals surface area contributed by atoms with Crippen LogP contribution in [0.5, 0.6) is 0 Å². The van der Waals surface area contributed by atoms with E-state index in [2.05, 4.69) is 10.0 Å². The molecule has 0 unspecified atom stereocenters. The molecule has 0 bridgehead atoms. The van der Waals surface area contributed by atoms with Crippen LogP contribution in [0.1, 0.15) is 33.3 Å². The van der Waals surface area contributed by atoms with Crippen LogP contribution >= 0.6 is 11.3 Å². The Kier molecular flexibility index (Phi) is 4.89. The molecule has 1 aliphatic rings. The van der Waals surface area contributed by atoms with Crippen molar-refractivity contribution < 1.29 is 22.7 Å². The molecule has 0 aliphatic carbocycles. The Morgan fingerprint density at radius 2 is 1.92 bits per heavy atom.